The topological polar surface area (TPSA) is 46.2 Å². The molecule has 1 atom stereocenters. The van der Waals surface area contributed by atoms with E-state index in [1.807, 2.05) is 43.3 Å². The van der Waals surface area contributed by atoms with Gasteiger partial charge < -0.3 is 10.8 Å². The van der Waals surface area contributed by atoms with E-state index in [-0.39, 0.29) is 0 Å². The van der Waals surface area contributed by atoms with Crippen molar-refractivity contribution in [1.82, 2.24) is 0 Å². The van der Waals surface area contributed by atoms with Crippen LogP contribution in [-0.4, -0.2) is 11.7 Å². The quantitative estimate of drug-likeness (QED) is 0.882. The molecule has 0 fully saturated rings. The third-order valence-electron chi connectivity index (χ3n) is 3.45. The summed E-state index contributed by atoms with van der Waals surface area (Å²) in [5.41, 5.74) is 11.0. The first kappa shape index (κ1) is 13.8. The summed E-state index contributed by atoms with van der Waals surface area (Å²) in [4.78, 5) is 0. The summed E-state index contributed by atoms with van der Waals surface area (Å²) in [5.74, 6) is 0. The minimum atomic E-state index is -0.562. The number of aliphatic hydroxyl groups excluding tert-OH is 1. The molecule has 2 rings (SSSR count). The summed E-state index contributed by atoms with van der Waals surface area (Å²) in [6.45, 7) is 4.75. The lowest BCUT2D eigenvalue weighted by molar-refractivity contribution is 0.219. The zero-order valence-corrected chi connectivity index (χ0v) is 11.6. The van der Waals surface area contributed by atoms with E-state index in [9.17, 15) is 5.11 Å². The van der Waals surface area contributed by atoms with Crippen molar-refractivity contribution in [2.24, 2.45) is 5.73 Å². The van der Waals surface area contributed by atoms with Gasteiger partial charge in [-0.3, -0.25) is 0 Å². The molecule has 19 heavy (non-hydrogen) atoms. The molecule has 0 radical (unpaired) electrons. The fourth-order valence-corrected chi connectivity index (χ4v) is 2.35. The van der Waals surface area contributed by atoms with Crippen molar-refractivity contribution in [3.05, 3.63) is 70.3 Å². The van der Waals surface area contributed by atoms with Crippen molar-refractivity contribution < 1.29 is 5.11 Å². The predicted molar refractivity (Wildman–Crippen MR) is 79.2 cm³/mol. The van der Waals surface area contributed by atoms with Crippen LogP contribution in [0.25, 0.3) is 0 Å². The molecular weight excluding hydrogens is 234 g/mol. The summed E-state index contributed by atoms with van der Waals surface area (Å²) in [6, 6.07) is 14.2. The van der Waals surface area contributed by atoms with E-state index in [4.69, 9.17) is 5.73 Å². The maximum Gasteiger partial charge on any atom is 0.104 e. The van der Waals surface area contributed by atoms with Gasteiger partial charge in [-0.2, -0.15) is 0 Å². The maximum absolute atomic E-state index is 10.5. The smallest absolute Gasteiger partial charge is 0.104 e. The normalized spacial score (nSPS) is 12.4. The van der Waals surface area contributed by atoms with E-state index >= 15 is 0 Å². The molecule has 0 saturated heterocycles. The van der Waals surface area contributed by atoms with Crippen LogP contribution >= 0.6 is 0 Å². The molecule has 2 heteroatoms. The van der Waals surface area contributed by atoms with Crippen LogP contribution in [0.1, 0.15) is 33.9 Å². The number of hydrogen-bond donors (Lipinski definition) is 2. The third-order valence-corrected chi connectivity index (χ3v) is 3.45. The van der Waals surface area contributed by atoms with Gasteiger partial charge in [0.15, 0.2) is 0 Å². The monoisotopic (exact) mass is 255 g/mol. The second-order valence-electron chi connectivity index (χ2n) is 5.04. The highest BCUT2D eigenvalue weighted by Gasteiger charge is 2.12. The molecule has 0 spiro atoms. The summed E-state index contributed by atoms with van der Waals surface area (Å²) in [6.07, 6.45) is 0.312. The van der Waals surface area contributed by atoms with Crippen LogP contribution in [0.2, 0.25) is 0 Å². The van der Waals surface area contributed by atoms with Crippen molar-refractivity contribution in [2.75, 3.05) is 6.54 Å². The average molecular weight is 255 g/mol. The van der Waals surface area contributed by atoms with Gasteiger partial charge in [0.05, 0.1) is 0 Å². The highest BCUT2D eigenvalue weighted by Crippen LogP contribution is 2.25. The number of hydrogen-bond acceptors (Lipinski definition) is 2. The summed E-state index contributed by atoms with van der Waals surface area (Å²) >= 11 is 0. The van der Waals surface area contributed by atoms with E-state index < -0.39 is 6.10 Å². The molecule has 0 saturated carbocycles. The Labute approximate surface area is 114 Å². The maximum atomic E-state index is 10.5. The van der Waals surface area contributed by atoms with Crippen LogP contribution in [-0.2, 0) is 6.42 Å². The Morgan fingerprint density at radius 1 is 1.05 bits per heavy atom. The van der Waals surface area contributed by atoms with Gasteiger partial charge in [0.1, 0.15) is 6.10 Å². The number of aryl methyl sites for hydroxylation is 2. The molecule has 1 unspecified atom stereocenters. The molecule has 2 aromatic carbocycles. The molecule has 0 aromatic heterocycles. The lowest BCUT2D eigenvalue weighted by Crippen LogP contribution is -2.04. The first-order valence-corrected chi connectivity index (χ1v) is 6.66. The van der Waals surface area contributed by atoms with E-state index in [0.717, 1.165) is 23.1 Å². The number of benzene rings is 2. The Balaban J connectivity index is 2.25. The molecule has 3 N–H and O–H groups in total. The molecule has 2 nitrogen and oxygen atoms in total. The Morgan fingerprint density at radius 2 is 1.74 bits per heavy atom. The van der Waals surface area contributed by atoms with Gasteiger partial charge in [0, 0.05) is 0 Å². The molecule has 0 aliphatic heterocycles. The van der Waals surface area contributed by atoms with Crippen molar-refractivity contribution in [1.29, 1.82) is 0 Å². The van der Waals surface area contributed by atoms with Gasteiger partial charge in [-0.15, -0.1) is 0 Å². The van der Waals surface area contributed by atoms with Gasteiger partial charge in [0.2, 0.25) is 0 Å². The molecule has 0 bridgehead atoms. The van der Waals surface area contributed by atoms with Gasteiger partial charge >= 0.3 is 0 Å². The molecule has 2 aromatic rings. The summed E-state index contributed by atoms with van der Waals surface area (Å²) in [5, 5.41) is 10.5. The lowest BCUT2D eigenvalue weighted by Gasteiger charge is -2.15. The van der Waals surface area contributed by atoms with Crippen LogP contribution in [0, 0.1) is 13.8 Å². The van der Waals surface area contributed by atoms with E-state index in [0.29, 0.717) is 6.54 Å². The third kappa shape index (κ3) is 3.22. The zero-order valence-electron chi connectivity index (χ0n) is 11.6. The number of nitrogens with two attached hydrogens (primary N) is 1. The summed E-state index contributed by atoms with van der Waals surface area (Å²) in [7, 11) is 0. The van der Waals surface area contributed by atoms with Crippen LogP contribution in [0.5, 0.6) is 0 Å². The first-order valence-electron chi connectivity index (χ1n) is 6.66. The van der Waals surface area contributed by atoms with E-state index in [1.54, 1.807) is 0 Å². The van der Waals surface area contributed by atoms with E-state index in [2.05, 4.69) is 13.0 Å². The van der Waals surface area contributed by atoms with Crippen LogP contribution in [0.3, 0.4) is 0 Å². The molecule has 100 valence electrons. The largest absolute Gasteiger partial charge is 0.384 e. The average Bonchev–Trinajstić information content (AvgIpc) is 2.39. The minimum Gasteiger partial charge on any atom is -0.384 e. The SMILES string of the molecule is Cc1ccc(C(O)c2ccc(CCN)cc2)c(C)c1. The second kappa shape index (κ2) is 6.00. The lowest BCUT2D eigenvalue weighted by atomic mass is 9.95. The molecule has 0 heterocycles. The Kier molecular flexibility index (Phi) is 4.35. The number of rotatable bonds is 4. The highest BCUT2D eigenvalue weighted by atomic mass is 16.3. The van der Waals surface area contributed by atoms with Crippen molar-refractivity contribution in [3.8, 4) is 0 Å². The molecule has 0 aliphatic rings. The van der Waals surface area contributed by atoms with Crippen LogP contribution in [0.15, 0.2) is 42.5 Å². The molecule has 0 amide bonds. The Bertz CT molecular complexity index is 546. The van der Waals surface area contributed by atoms with Gasteiger partial charge in [-0.05, 0) is 49.1 Å². The van der Waals surface area contributed by atoms with Gasteiger partial charge in [-0.1, -0.05) is 48.0 Å². The first-order chi connectivity index (χ1) is 9.11. The summed E-state index contributed by atoms with van der Waals surface area (Å²) < 4.78 is 0. The van der Waals surface area contributed by atoms with E-state index in [1.165, 1.54) is 11.1 Å². The highest BCUT2D eigenvalue weighted by molar-refractivity contribution is 5.38. The van der Waals surface area contributed by atoms with Crippen molar-refractivity contribution >= 4 is 0 Å². The fourth-order valence-electron chi connectivity index (χ4n) is 2.35. The zero-order chi connectivity index (χ0) is 13.8. The Hall–Kier alpha value is -1.64. The van der Waals surface area contributed by atoms with Gasteiger partial charge in [0.25, 0.3) is 0 Å². The van der Waals surface area contributed by atoms with Crippen molar-refractivity contribution in [2.45, 2.75) is 26.4 Å². The van der Waals surface area contributed by atoms with Crippen LogP contribution in [0.4, 0.5) is 0 Å². The second-order valence-corrected chi connectivity index (χ2v) is 5.04. The van der Waals surface area contributed by atoms with Crippen molar-refractivity contribution in [3.63, 3.8) is 0 Å². The van der Waals surface area contributed by atoms with Gasteiger partial charge in [-0.25, -0.2) is 0 Å². The fraction of sp³-hybridized carbons (Fsp3) is 0.294. The standard InChI is InChI=1S/C17H21NO/c1-12-3-8-16(13(2)11-12)17(19)15-6-4-14(5-7-15)9-10-18/h3-8,11,17,19H,9-10,18H2,1-2H3. The predicted octanol–water partition coefficient (Wildman–Crippen LogP) is 2.89. The van der Waals surface area contributed by atoms with Crippen LogP contribution < -0.4 is 5.73 Å². The minimum absolute atomic E-state index is 0.562. The number of aliphatic hydroxyl groups is 1. The molecular formula is C17H21NO. The molecule has 0 aliphatic carbocycles. The Morgan fingerprint density at radius 3 is 2.32 bits per heavy atom.